The molecule has 9 atom stereocenters. The van der Waals surface area contributed by atoms with Crippen molar-refractivity contribution in [3.63, 3.8) is 0 Å². The van der Waals surface area contributed by atoms with Gasteiger partial charge in [-0.1, -0.05) is 102 Å². The monoisotopic (exact) mass is 582 g/mol. The van der Waals surface area contributed by atoms with Gasteiger partial charge in [-0.2, -0.15) is 0 Å². The van der Waals surface area contributed by atoms with Gasteiger partial charge in [0, 0.05) is 0 Å². The molecule has 0 aromatic heterocycles. The summed E-state index contributed by atoms with van der Waals surface area (Å²) in [5, 5.41) is 0. The predicted octanol–water partition coefficient (Wildman–Crippen LogP) is 10.1. The summed E-state index contributed by atoms with van der Waals surface area (Å²) >= 11 is -0.826. The molecular formula is C29H46Cl2SiZr. The Morgan fingerprint density at radius 1 is 0.667 bits per heavy atom. The molecule has 4 heteroatoms. The van der Waals surface area contributed by atoms with Crippen molar-refractivity contribution in [3.8, 4) is 0 Å². The first-order chi connectivity index (χ1) is 14.7. The fourth-order valence-corrected chi connectivity index (χ4v) is 14.7. The van der Waals surface area contributed by atoms with Crippen molar-refractivity contribution in [2.75, 3.05) is 0 Å². The Kier molecular flexibility index (Phi) is 12.4. The molecule has 0 nitrogen and oxygen atoms in total. The van der Waals surface area contributed by atoms with Crippen molar-refractivity contribution in [2.24, 2.45) is 41.4 Å². The third-order valence-electron chi connectivity index (χ3n) is 9.72. The van der Waals surface area contributed by atoms with E-state index in [1.165, 1.54) is 0 Å². The molecule has 3 aliphatic rings. The third-order valence-corrected chi connectivity index (χ3v) is 15.0. The molecule has 0 amide bonds. The predicted molar refractivity (Wildman–Crippen MR) is 150 cm³/mol. The quantitative estimate of drug-likeness (QED) is 0.245. The molecule has 4 rings (SSSR count). The molecular weight excluding hydrogens is 539 g/mol. The summed E-state index contributed by atoms with van der Waals surface area (Å²) in [7, 11) is 8.34. The van der Waals surface area contributed by atoms with Crippen LogP contribution in [0.5, 0.6) is 0 Å². The second-order valence-corrected chi connectivity index (χ2v) is 19.8. The Morgan fingerprint density at radius 3 is 1.61 bits per heavy atom. The minimum absolute atomic E-state index is 0. The molecule has 3 aliphatic carbocycles. The molecule has 0 aliphatic heterocycles. The first-order valence-corrected chi connectivity index (χ1v) is 21.5. The van der Waals surface area contributed by atoms with Crippen molar-refractivity contribution in [1.82, 2.24) is 0 Å². The molecule has 0 radical (unpaired) electrons. The molecule has 1 aromatic carbocycles. The van der Waals surface area contributed by atoms with Gasteiger partial charge in [-0.25, -0.2) is 0 Å². The van der Waals surface area contributed by atoms with Crippen molar-refractivity contribution in [2.45, 2.75) is 64.7 Å². The van der Waals surface area contributed by atoms with Crippen LogP contribution in [0.15, 0.2) is 54.6 Å². The normalized spacial score (nSPS) is 38.8. The number of benzene rings is 1. The van der Waals surface area contributed by atoms with Crippen LogP contribution >= 0.6 is 17.0 Å². The maximum atomic E-state index is 4.93. The summed E-state index contributed by atoms with van der Waals surface area (Å²) in [5.41, 5.74) is 3.36. The molecule has 0 saturated heterocycles. The molecule has 9 unspecified atom stereocenters. The van der Waals surface area contributed by atoms with Gasteiger partial charge in [0.25, 0.3) is 0 Å². The fraction of sp³-hybridized carbons (Fsp3) is 0.586. The van der Waals surface area contributed by atoms with Crippen molar-refractivity contribution in [1.29, 1.82) is 0 Å². The van der Waals surface area contributed by atoms with Gasteiger partial charge in [-0.15, -0.1) is 0 Å². The van der Waals surface area contributed by atoms with E-state index in [1.54, 1.807) is 5.56 Å². The van der Waals surface area contributed by atoms with Crippen molar-refractivity contribution < 1.29 is 20.8 Å². The average Bonchev–Trinajstić information content (AvgIpc) is 3.16. The van der Waals surface area contributed by atoms with Gasteiger partial charge in [0.15, 0.2) is 0 Å². The number of rotatable bonds is 3. The standard InChI is InChI=1S/C27H40Si.2CH3.2ClH.Zr/c1-17-18(2)20(4)26(19(17)3)28(6,7)27-24-16-12-11-15-23(24)21(5)25(27)22-13-9-8-10-14-22;;;;;/h8-21,23-27H,1-7H3;2*1H3;2*1H;/q;2*-1;;;+4/p-2. The van der Waals surface area contributed by atoms with Gasteiger partial charge < -0.3 is 14.9 Å². The van der Waals surface area contributed by atoms with E-state index >= 15 is 0 Å². The van der Waals surface area contributed by atoms with E-state index < -0.39 is 28.9 Å². The molecule has 1 aromatic rings. The van der Waals surface area contributed by atoms with E-state index in [1.807, 2.05) is 0 Å². The zero-order chi connectivity index (χ0) is 22.9. The van der Waals surface area contributed by atoms with Crippen LogP contribution < -0.4 is 0 Å². The Hall–Kier alpha value is 0.380. The summed E-state index contributed by atoms with van der Waals surface area (Å²) < 4.78 is 0. The summed E-state index contributed by atoms with van der Waals surface area (Å²) in [6.45, 7) is 18.3. The van der Waals surface area contributed by atoms with E-state index in [2.05, 4.69) is 102 Å². The van der Waals surface area contributed by atoms with Gasteiger partial charge in [-0.3, -0.25) is 0 Å². The SMILES string of the molecule is CC1C(C)C(C)C([Si](C)(C)C2C3C=CC=CC3C(C)C2c2ccccc2)C1C.[CH3-].[CH3-].[Cl][Zr+2][Cl]. The Labute approximate surface area is 225 Å². The first-order valence-electron chi connectivity index (χ1n) is 12.0. The number of hydrogen-bond donors (Lipinski definition) is 0. The summed E-state index contributed by atoms with van der Waals surface area (Å²) in [4.78, 5) is 0. The van der Waals surface area contributed by atoms with Crippen molar-refractivity contribution in [3.05, 3.63) is 75.1 Å². The average molecular weight is 585 g/mol. The fourth-order valence-electron chi connectivity index (χ4n) is 8.15. The van der Waals surface area contributed by atoms with Crippen molar-refractivity contribution >= 4 is 25.1 Å². The zero-order valence-electron chi connectivity index (χ0n) is 22.2. The molecule has 33 heavy (non-hydrogen) atoms. The summed E-state index contributed by atoms with van der Waals surface area (Å²) in [6, 6.07) is 11.5. The van der Waals surface area contributed by atoms with Crippen LogP contribution in [0.2, 0.25) is 24.2 Å². The Bertz CT molecular complexity index is 763. The van der Waals surface area contributed by atoms with E-state index in [9.17, 15) is 0 Å². The number of allylic oxidation sites excluding steroid dienone is 4. The molecule has 0 N–H and O–H groups in total. The van der Waals surface area contributed by atoms with Crippen LogP contribution in [0.3, 0.4) is 0 Å². The molecule has 2 fully saturated rings. The van der Waals surface area contributed by atoms with Crippen LogP contribution in [-0.4, -0.2) is 8.07 Å². The van der Waals surface area contributed by atoms with Gasteiger partial charge in [0.1, 0.15) is 0 Å². The summed E-state index contributed by atoms with van der Waals surface area (Å²) in [6.07, 6.45) is 9.76. The van der Waals surface area contributed by atoms with Crippen LogP contribution in [0.1, 0.15) is 46.1 Å². The molecule has 184 valence electrons. The number of fused-ring (bicyclic) bond motifs is 1. The second-order valence-electron chi connectivity index (χ2n) is 11.1. The Balaban J connectivity index is 0.00000103. The number of hydrogen-bond acceptors (Lipinski definition) is 0. The number of halogens is 2. The summed E-state index contributed by atoms with van der Waals surface area (Å²) in [5.74, 6) is 6.33. The molecule has 0 spiro atoms. The van der Waals surface area contributed by atoms with E-state index in [4.69, 9.17) is 17.0 Å². The second kappa shape index (κ2) is 13.1. The molecule has 0 heterocycles. The molecule has 2 saturated carbocycles. The van der Waals surface area contributed by atoms with Crippen LogP contribution in [-0.2, 0) is 20.8 Å². The van der Waals surface area contributed by atoms with E-state index in [-0.39, 0.29) is 14.9 Å². The van der Waals surface area contributed by atoms with E-state index in [0.717, 1.165) is 46.6 Å². The first kappa shape index (κ1) is 31.4. The molecule has 0 bridgehead atoms. The van der Waals surface area contributed by atoms with Crippen LogP contribution in [0, 0.1) is 56.3 Å². The third kappa shape index (κ3) is 5.87. The van der Waals surface area contributed by atoms with Crippen LogP contribution in [0.4, 0.5) is 0 Å². The van der Waals surface area contributed by atoms with Crippen LogP contribution in [0.25, 0.3) is 0 Å². The van der Waals surface area contributed by atoms with Gasteiger partial charge >= 0.3 is 37.9 Å². The minimum atomic E-state index is -1.53. The Morgan fingerprint density at radius 2 is 1.12 bits per heavy atom. The zero-order valence-corrected chi connectivity index (χ0v) is 27.2. The van der Waals surface area contributed by atoms with Gasteiger partial charge in [-0.05, 0) is 64.0 Å². The van der Waals surface area contributed by atoms with E-state index in [0.29, 0.717) is 11.8 Å². The maximum absolute atomic E-state index is 4.93. The topological polar surface area (TPSA) is 0 Å². The van der Waals surface area contributed by atoms with Gasteiger partial charge in [0.2, 0.25) is 0 Å². The van der Waals surface area contributed by atoms with Gasteiger partial charge in [0.05, 0.1) is 8.07 Å².